The van der Waals surface area contributed by atoms with Crippen LogP contribution < -0.4 is 5.32 Å². The van der Waals surface area contributed by atoms with E-state index in [-0.39, 0.29) is 0 Å². The van der Waals surface area contributed by atoms with Crippen molar-refractivity contribution in [3.63, 3.8) is 0 Å². The molecule has 2 aromatic heterocycles. The number of benzene rings is 1. The van der Waals surface area contributed by atoms with E-state index in [1.54, 1.807) is 12.4 Å². The van der Waals surface area contributed by atoms with E-state index in [9.17, 15) is 8.78 Å². The van der Waals surface area contributed by atoms with E-state index in [4.69, 9.17) is 0 Å². The van der Waals surface area contributed by atoms with Crippen LogP contribution in [-0.4, -0.2) is 26.1 Å². The van der Waals surface area contributed by atoms with Crippen LogP contribution in [0.5, 0.6) is 0 Å². The van der Waals surface area contributed by atoms with E-state index in [1.807, 2.05) is 11.3 Å². The van der Waals surface area contributed by atoms with E-state index < -0.39 is 11.6 Å². The predicted molar refractivity (Wildman–Crippen MR) is 74.1 cm³/mol. The summed E-state index contributed by atoms with van der Waals surface area (Å²) in [5.41, 5.74) is 1.21. The van der Waals surface area contributed by atoms with Gasteiger partial charge in [0.25, 0.3) is 0 Å². The highest BCUT2D eigenvalue weighted by Crippen LogP contribution is 2.13. The number of hydrogen-bond acceptors (Lipinski definition) is 4. The van der Waals surface area contributed by atoms with Gasteiger partial charge < -0.3 is 5.32 Å². The molecule has 0 radical (unpaired) electrons. The van der Waals surface area contributed by atoms with Gasteiger partial charge in [-0.3, -0.25) is 4.40 Å². The van der Waals surface area contributed by atoms with E-state index in [2.05, 4.69) is 20.5 Å². The summed E-state index contributed by atoms with van der Waals surface area (Å²) < 4.78 is 28.0. The van der Waals surface area contributed by atoms with E-state index in [1.165, 1.54) is 12.1 Å². The summed E-state index contributed by atoms with van der Waals surface area (Å²) in [5, 5.41) is 11.1. The van der Waals surface area contributed by atoms with Gasteiger partial charge in [0.05, 0.1) is 0 Å². The van der Waals surface area contributed by atoms with Crippen molar-refractivity contribution in [2.24, 2.45) is 0 Å². The maximum atomic E-state index is 13.1. The van der Waals surface area contributed by atoms with Crippen LogP contribution in [0.3, 0.4) is 0 Å². The number of hydrogen-bond donors (Lipinski definition) is 1. The maximum Gasteiger partial charge on any atom is 0.203 e. The number of halogens is 2. The molecule has 0 saturated carbocycles. The van der Waals surface area contributed by atoms with Crippen LogP contribution in [0, 0.1) is 18.6 Å². The van der Waals surface area contributed by atoms with Crippen LogP contribution in [0.15, 0.2) is 30.6 Å². The number of fused-ring (bicyclic) bond motifs is 1. The van der Waals surface area contributed by atoms with Crippen molar-refractivity contribution in [2.75, 3.05) is 11.9 Å². The Morgan fingerprint density at radius 1 is 1.14 bits per heavy atom. The summed E-state index contributed by atoms with van der Waals surface area (Å²) in [5.74, 6) is 0.217. The van der Waals surface area contributed by atoms with Gasteiger partial charge in [-0.25, -0.2) is 13.8 Å². The summed E-state index contributed by atoms with van der Waals surface area (Å²) in [4.78, 5) is 4.20. The Balaban J connectivity index is 1.72. The highest BCUT2D eigenvalue weighted by Gasteiger charge is 2.07. The van der Waals surface area contributed by atoms with Crippen molar-refractivity contribution < 1.29 is 8.78 Å². The lowest BCUT2D eigenvalue weighted by Crippen LogP contribution is -2.08. The molecule has 0 fully saturated rings. The zero-order valence-corrected chi connectivity index (χ0v) is 11.3. The smallest absolute Gasteiger partial charge is 0.203 e. The van der Waals surface area contributed by atoms with Gasteiger partial charge in [0.2, 0.25) is 5.65 Å². The SMILES string of the molecule is Cc1nnc2c(NCCc3cc(F)cc(F)c3)nccn12. The van der Waals surface area contributed by atoms with Gasteiger partial charge >= 0.3 is 0 Å². The third kappa shape index (κ3) is 2.81. The van der Waals surface area contributed by atoms with Crippen molar-refractivity contribution >= 4 is 11.5 Å². The Kier molecular flexibility index (Phi) is 3.47. The molecule has 5 nitrogen and oxygen atoms in total. The van der Waals surface area contributed by atoms with Gasteiger partial charge in [-0.1, -0.05) is 0 Å². The van der Waals surface area contributed by atoms with Crippen LogP contribution in [0.4, 0.5) is 14.6 Å². The zero-order valence-electron chi connectivity index (χ0n) is 11.3. The van der Waals surface area contributed by atoms with Gasteiger partial charge in [-0.2, -0.15) is 0 Å². The third-order valence-corrected chi connectivity index (χ3v) is 3.13. The molecule has 0 atom stereocenters. The molecule has 0 unspecified atom stereocenters. The summed E-state index contributed by atoms with van der Waals surface area (Å²) in [7, 11) is 0. The van der Waals surface area contributed by atoms with Crippen LogP contribution in [0.1, 0.15) is 11.4 Å². The molecule has 1 N–H and O–H groups in total. The average Bonchev–Trinajstić information content (AvgIpc) is 2.81. The molecule has 3 rings (SSSR count). The molecular formula is C14H13F2N5. The van der Waals surface area contributed by atoms with Crippen LogP contribution >= 0.6 is 0 Å². The van der Waals surface area contributed by atoms with Crippen LogP contribution in [0.25, 0.3) is 5.65 Å². The average molecular weight is 289 g/mol. The lowest BCUT2D eigenvalue weighted by molar-refractivity contribution is 0.580. The molecule has 0 saturated heterocycles. The van der Waals surface area contributed by atoms with Crippen molar-refractivity contribution in [2.45, 2.75) is 13.3 Å². The number of aryl methyl sites for hydroxylation is 1. The van der Waals surface area contributed by atoms with Crippen molar-refractivity contribution in [1.29, 1.82) is 0 Å². The first-order chi connectivity index (χ1) is 10.1. The second-order valence-corrected chi connectivity index (χ2v) is 4.67. The molecule has 1 aromatic carbocycles. The van der Waals surface area contributed by atoms with Gasteiger partial charge in [0, 0.05) is 25.0 Å². The van der Waals surface area contributed by atoms with Gasteiger partial charge in [0.1, 0.15) is 17.5 Å². The Morgan fingerprint density at radius 3 is 2.67 bits per heavy atom. The summed E-state index contributed by atoms with van der Waals surface area (Å²) in [6.07, 6.45) is 3.90. The normalized spacial score (nSPS) is 11.0. The molecule has 0 aliphatic rings. The summed E-state index contributed by atoms with van der Waals surface area (Å²) in [6, 6.07) is 3.50. The molecule has 0 aliphatic carbocycles. The van der Waals surface area contributed by atoms with Crippen molar-refractivity contribution in [1.82, 2.24) is 19.6 Å². The molecule has 108 valence electrons. The minimum Gasteiger partial charge on any atom is -0.367 e. The van der Waals surface area contributed by atoms with E-state index >= 15 is 0 Å². The lowest BCUT2D eigenvalue weighted by Gasteiger charge is -2.07. The van der Waals surface area contributed by atoms with Gasteiger partial charge in [-0.15, -0.1) is 10.2 Å². The standard InChI is InChI=1S/C14H13F2N5/c1-9-19-20-14-13(18-4-5-21(9)14)17-3-2-10-6-11(15)8-12(16)7-10/h4-8H,2-3H2,1H3,(H,17,18). The van der Waals surface area contributed by atoms with Gasteiger partial charge in [0.15, 0.2) is 5.82 Å². The molecule has 21 heavy (non-hydrogen) atoms. The minimum absolute atomic E-state index is 0.477. The van der Waals surface area contributed by atoms with Crippen LogP contribution in [0.2, 0.25) is 0 Å². The topological polar surface area (TPSA) is 55.1 Å². The number of nitrogens with one attached hydrogen (secondary N) is 1. The van der Waals surface area contributed by atoms with Crippen molar-refractivity contribution in [3.8, 4) is 0 Å². The predicted octanol–water partition coefficient (Wildman–Crippen LogP) is 2.37. The molecule has 2 heterocycles. The molecule has 7 heteroatoms. The van der Waals surface area contributed by atoms with Crippen molar-refractivity contribution in [3.05, 3.63) is 53.6 Å². The molecule has 0 bridgehead atoms. The highest BCUT2D eigenvalue weighted by molar-refractivity contribution is 5.61. The third-order valence-electron chi connectivity index (χ3n) is 3.13. The Morgan fingerprint density at radius 2 is 1.90 bits per heavy atom. The number of nitrogens with zero attached hydrogens (tertiary/aromatic N) is 4. The minimum atomic E-state index is -0.571. The maximum absolute atomic E-state index is 13.1. The summed E-state index contributed by atoms with van der Waals surface area (Å²) in [6.45, 7) is 2.33. The highest BCUT2D eigenvalue weighted by atomic mass is 19.1. The number of anilines is 1. The molecule has 0 amide bonds. The summed E-state index contributed by atoms with van der Waals surface area (Å²) >= 11 is 0. The molecular weight excluding hydrogens is 276 g/mol. The molecule has 0 aliphatic heterocycles. The molecule has 3 aromatic rings. The fourth-order valence-electron chi connectivity index (χ4n) is 2.15. The number of aromatic nitrogens is 4. The fourth-order valence-corrected chi connectivity index (χ4v) is 2.15. The van der Waals surface area contributed by atoms with Crippen LogP contribution in [-0.2, 0) is 6.42 Å². The monoisotopic (exact) mass is 289 g/mol. The first kappa shape index (κ1) is 13.4. The molecule has 0 spiro atoms. The van der Waals surface area contributed by atoms with E-state index in [0.29, 0.717) is 30.0 Å². The largest absolute Gasteiger partial charge is 0.367 e. The second kappa shape index (κ2) is 5.43. The second-order valence-electron chi connectivity index (χ2n) is 4.67. The van der Waals surface area contributed by atoms with E-state index in [0.717, 1.165) is 11.9 Å². The first-order valence-electron chi connectivity index (χ1n) is 6.48. The fraction of sp³-hybridized carbons (Fsp3) is 0.214. The first-order valence-corrected chi connectivity index (χ1v) is 6.48. The van der Waals surface area contributed by atoms with Gasteiger partial charge in [-0.05, 0) is 31.0 Å². The Labute approximate surface area is 119 Å². The Hall–Kier alpha value is -2.57. The lowest BCUT2D eigenvalue weighted by atomic mass is 10.1. The number of rotatable bonds is 4. The quantitative estimate of drug-likeness (QED) is 0.801. The zero-order chi connectivity index (χ0) is 14.8. The Bertz CT molecular complexity index is 764.